The molecule has 0 saturated carbocycles. The molecule has 2 aliphatic rings. The number of hydrogen-bond donors (Lipinski definition) is 2. The van der Waals surface area contributed by atoms with E-state index in [1.165, 1.54) is 12.8 Å². The number of anilines is 1. The van der Waals surface area contributed by atoms with Gasteiger partial charge in [-0.1, -0.05) is 24.6 Å². The van der Waals surface area contributed by atoms with E-state index in [0.717, 1.165) is 18.5 Å². The molecule has 0 amide bonds. The van der Waals surface area contributed by atoms with Gasteiger partial charge in [0.05, 0.1) is 5.69 Å². The Morgan fingerprint density at radius 3 is 2.89 bits per heavy atom. The molecule has 0 spiro atoms. The number of fused-ring (bicyclic) bond motifs is 1. The standard InChI is InChI=1S/C13H19N3O2S/c17-19(18)15-13-7-2-1-5-11(13)9-16(19)10-12-6-3-4-8-14-12/h1-2,5,7,12,14-15H,3-4,6,8-10H2/t12-/m0/s1. The molecule has 0 bridgehead atoms. The molecule has 1 atom stereocenters. The maximum Gasteiger partial charge on any atom is 0.302 e. The lowest BCUT2D eigenvalue weighted by Gasteiger charge is -2.33. The molecule has 1 aromatic rings. The first-order valence-electron chi connectivity index (χ1n) is 6.74. The highest BCUT2D eigenvalue weighted by molar-refractivity contribution is 7.90. The van der Waals surface area contributed by atoms with Crippen LogP contribution in [0.1, 0.15) is 24.8 Å². The van der Waals surface area contributed by atoms with E-state index in [0.29, 0.717) is 18.8 Å². The Balaban J connectivity index is 1.78. The SMILES string of the molecule is O=S1(=O)Nc2ccccc2CN1C[C@@H]1CCCCN1. The van der Waals surface area contributed by atoms with Crippen molar-refractivity contribution in [3.05, 3.63) is 29.8 Å². The van der Waals surface area contributed by atoms with Gasteiger partial charge in [0.1, 0.15) is 0 Å². The fourth-order valence-corrected chi connectivity index (χ4v) is 4.02. The molecular formula is C13H19N3O2S. The predicted octanol–water partition coefficient (Wildman–Crippen LogP) is 1.30. The minimum Gasteiger partial charge on any atom is -0.313 e. The van der Waals surface area contributed by atoms with Crippen molar-refractivity contribution in [3.63, 3.8) is 0 Å². The van der Waals surface area contributed by atoms with Crippen LogP contribution in [0.3, 0.4) is 0 Å². The van der Waals surface area contributed by atoms with E-state index in [1.807, 2.05) is 24.3 Å². The van der Waals surface area contributed by atoms with E-state index in [9.17, 15) is 8.42 Å². The van der Waals surface area contributed by atoms with Gasteiger partial charge in [-0.15, -0.1) is 0 Å². The third kappa shape index (κ3) is 2.75. The van der Waals surface area contributed by atoms with Gasteiger partial charge in [-0.05, 0) is 31.0 Å². The van der Waals surface area contributed by atoms with Crippen molar-refractivity contribution in [1.29, 1.82) is 0 Å². The lowest BCUT2D eigenvalue weighted by Crippen LogP contribution is -2.48. The summed E-state index contributed by atoms with van der Waals surface area (Å²) in [6, 6.07) is 7.84. The number of piperidine rings is 1. The number of nitrogens with one attached hydrogen (secondary N) is 2. The molecule has 1 fully saturated rings. The third-order valence-electron chi connectivity index (χ3n) is 3.78. The highest BCUT2D eigenvalue weighted by Crippen LogP contribution is 2.26. The van der Waals surface area contributed by atoms with Gasteiger partial charge in [0.2, 0.25) is 0 Å². The average Bonchev–Trinajstić information content (AvgIpc) is 2.40. The van der Waals surface area contributed by atoms with Gasteiger partial charge in [0.15, 0.2) is 0 Å². The van der Waals surface area contributed by atoms with Crippen LogP contribution in [0.2, 0.25) is 0 Å². The molecule has 5 nitrogen and oxygen atoms in total. The van der Waals surface area contributed by atoms with Crippen molar-refractivity contribution in [1.82, 2.24) is 9.62 Å². The third-order valence-corrected chi connectivity index (χ3v) is 5.22. The number of hydrogen-bond acceptors (Lipinski definition) is 3. The van der Waals surface area contributed by atoms with Gasteiger partial charge in [0, 0.05) is 19.1 Å². The van der Waals surface area contributed by atoms with Gasteiger partial charge >= 0.3 is 10.2 Å². The summed E-state index contributed by atoms with van der Waals surface area (Å²) in [5, 5.41) is 3.39. The monoisotopic (exact) mass is 281 g/mol. The topological polar surface area (TPSA) is 61.4 Å². The second-order valence-electron chi connectivity index (χ2n) is 5.20. The highest BCUT2D eigenvalue weighted by atomic mass is 32.2. The first-order valence-corrected chi connectivity index (χ1v) is 8.18. The average molecular weight is 281 g/mol. The number of rotatable bonds is 2. The van der Waals surface area contributed by atoms with Crippen LogP contribution < -0.4 is 10.0 Å². The van der Waals surface area contributed by atoms with Crippen molar-refractivity contribution < 1.29 is 8.42 Å². The zero-order valence-corrected chi connectivity index (χ0v) is 11.6. The summed E-state index contributed by atoms with van der Waals surface area (Å²) in [6.07, 6.45) is 3.41. The quantitative estimate of drug-likeness (QED) is 0.859. The van der Waals surface area contributed by atoms with Crippen molar-refractivity contribution in [2.24, 2.45) is 0 Å². The van der Waals surface area contributed by atoms with Crippen LogP contribution >= 0.6 is 0 Å². The Bertz CT molecular complexity index is 553. The summed E-state index contributed by atoms with van der Waals surface area (Å²) >= 11 is 0. The first kappa shape index (κ1) is 12.9. The van der Waals surface area contributed by atoms with E-state index < -0.39 is 10.2 Å². The lowest BCUT2D eigenvalue weighted by molar-refractivity contribution is 0.308. The van der Waals surface area contributed by atoms with Crippen LogP contribution in [-0.4, -0.2) is 31.9 Å². The molecule has 0 radical (unpaired) electrons. The number of para-hydroxylation sites is 1. The Morgan fingerprint density at radius 2 is 2.11 bits per heavy atom. The van der Waals surface area contributed by atoms with Crippen molar-refractivity contribution >= 4 is 15.9 Å². The Hall–Kier alpha value is -1.11. The molecule has 2 N–H and O–H groups in total. The van der Waals surface area contributed by atoms with Crippen molar-refractivity contribution in [2.45, 2.75) is 31.8 Å². The summed E-state index contributed by atoms with van der Waals surface area (Å²) in [6.45, 7) is 2.00. The van der Waals surface area contributed by atoms with E-state index in [2.05, 4.69) is 10.0 Å². The van der Waals surface area contributed by atoms with E-state index >= 15 is 0 Å². The largest absolute Gasteiger partial charge is 0.313 e. The van der Waals surface area contributed by atoms with Crippen LogP contribution in [-0.2, 0) is 16.8 Å². The molecular weight excluding hydrogens is 262 g/mol. The van der Waals surface area contributed by atoms with Gasteiger partial charge in [0.25, 0.3) is 0 Å². The lowest BCUT2D eigenvalue weighted by atomic mass is 10.0. The fourth-order valence-electron chi connectivity index (χ4n) is 2.72. The maximum absolute atomic E-state index is 12.2. The predicted molar refractivity (Wildman–Crippen MR) is 75.0 cm³/mol. The number of nitrogens with zero attached hydrogens (tertiary/aromatic N) is 1. The molecule has 6 heteroatoms. The van der Waals surface area contributed by atoms with Gasteiger partial charge in [-0.3, -0.25) is 4.72 Å². The Labute approximate surface area is 114 Å². The first-order chi connectivity index (χ1) is 9.15. The van der Waals surface area contributed by atoms with E-state index in [-0.39, 0.29) is 6.04 Å². The van der Waals surface area contributed by atoms with E-state index in [1.54, 1.807) is 4.31 Å². The van der Waals surface area contributed by atoms with Crippen LogP contribution in [0.5, 0.6) is 0 Å². The highest BCUT2D eigenvalue weighted by Gasteiger charge is 2.30. The van der Waals surface area contributed by atoms with Gasteiger partial charge in [-0.2, -0.15) is 12.7 Å². The molecule has 2 aliphatic heterocycles. The van der Waals surface area contributed by atoms with Crippen LogP contribution in [0.15, 0.2) is 24.3 Å². The molecule has 0 aliphatic carbocycles. The normalized spacial score (nSPS) is 26.4. The van der Waals surface area contributed by atoms with Gasteiger partial charge < -0.3 is 5.32 Å². The molecule has 1 aromatic carbocycles. The second kappa shape index (κ2) is 5.11. The van der Waals surface area contributed by atoms with E-state index in [4.69, 9.17) is 0 Å². The minimum atomic E-state index is -3.39. The Morgan fingerprint density at radius 1 is 1.26 bits per heavy atom. The maximum atomic E-state index is 12.2. The molecule has 19 heavy (non-hydrogen) atoms. The summed E-state index contributed by atoms with van der Waals surface area (Å²) in [5.41, 5.74) is 1.74. The summed E-state index contributed by atoms with van der Waals surface area (Å²) in [7, 11) is -3.39. The van der Waals surface area contributed by atoms with Crippen LogP contribution in [0, 0.1) is 0 Å². The summed E-state index contributed by atoms with van der Waals surface area (Å²) < 4.78 is 28.6. The summed E-state index contributed by atoms with van der Waals surface area (Å²) in [5.74, 6) is 0. The molecule has 104 valence electrons. The molecule has 0 aromatic heterocycles. The zero-order valence-electron chi connectivity index (χ0n) is 10.8. The Kier molecular flexibility index (Phi) is 3.47. The van der Waals surface area contributed by atoms with Crippen LogP contribution in [0.25, 0.3) is 0 Å². The molecule has 1 saturated heterocycles. The van der Waals surface area contributed by atoms with Crippen molar-refractivity contribution in [2.75, 3.05) is 17.8 Å². The zero-order chi connectivity index (χ0) is 13.3. The molecule has 3 rings (SSSR count). The molecule has 0 unspecified atom stereocenters. The van der Waals surface area contributed by atoms with Crippen LogP contribution in [0.4, 0.5) is 5.69 Å². The number of benzene rings is 1. The minimum absolute atomic E-state index is 0.274. The van der Waals surface area contributed by atoms with Gasteiger partial charge in [-0.25, -0.2) is 0 Å². The fraction of sp³-hybridized carbons (Fsp3) is 0.538. The van der Waals surface area contributed by atoms with Crippen molar-refractivity contribution in [3.8, 4) is 0 Å². The summed E-state index contributed by atoms with van der Waals surface area (Å²) in [4.78, 5) is 0. The molecule has 2 heterocycles. The second-order valence-corrected chi connectivity index (χ2v) is 6.87. The smallest absolute Gasteiger partial charge is 0.302 e.